The first-order chi connectivity index (χ1) is 10.0. The van der Waals surface area contributed by atoms with Gasteiger partial charge in [0, 0.05) is 18.0 Å². The molecular formula is C15H13N3O3. The van der Waals surface area contributed by atoms with Gasteiger partial charge in [-0.15, -0.1) is 0 Å². The van der Waals surface area contributed by atoms with Crippen molar-refractivity contribution in [3.63, 3.8) is 0 Å². The predicted octanol–water partition coefficient (Wildman–Crippen LogP) is 2.14. The summed E-state index contributed by atoms with van der Waals surface area (Å²) in [7, 11) is 0. The van der Waals surface area contributed by atoms with Crippen LogP contribution in [0.15, 0.2) is 42.7 Å². The molecule has 106 valence electrons. The zero-order valence-electron chi connectivity index (χ0n) is 11.3. The molecule has 1 heterocycles. The molecule has 0 saturated carbocycles. The van der Waals surface area contributed by atoms with Gasteiger partial charge in [-0.2, -0.15) is 0 Å². The molecule has 1 aromatic heterocycles. The van der Waals surface area contributed by atoms with E-state index < -0.39 is 5.97 Å². The number of rotatable bonds is 4. The molecule has 1 aromatic carbocycles. The zero-order chi connectivity index (χ0) is 15.2. The highest BCUT2D eigenvalue weighted by molar-refractivity contribution is 6.02. The highest BCUT2D eigenvalue weighted by Crippen LogP contribution is 2.13. The van der Waals surface area contributed by atoms with E-state index in [1.54, 1.807) is 31.2 Å². The topological polar surface area (TPSA) is 92.2 Å². The van der Waals surface area contributed by atoms with Gasteiger partial charge >= 0.3 is 5.97 Å². The van der Waals surface area contributed by atoms with E-state index in [0.717, 1.165) is 11.8 Å². The van der Waals surface area contributed by atoms with Gasteiger partial charge in [0.1, 0.15) is 5.69 Å². The molecule has 21 heavy (non-hydrogen) atoms. The lowest BCUT2D eigenvalue weighted by Gasteiger charge is -2.05. The Labute approximate surface area is 121 Å². The van der Waals surface area contributed by atoms with Gasteiger partial charge in [-0.25, -0.2) is 9.78 Å². The molecule has 6 heteroatoms. The van der Waals surface area contributed by atoms with Crippen molar-refractivity contribution >= 4 is 23.6 Å². The summed E-state index contributed by atoms with van der Waals surface area (Å²) in [6, 6.07) is 6.83. The van der Waals surface area contributed by atoms with E-state index in [-0.39, 0.29) is 11.6 Å². The first-order valence-corrected chi connectivity index (χ1v) is 6.15. The first kappa shape index (κ1) is 14.4. The van der Waals surface area contributed by atoms with Crippen molar-refractivity contribution in [2.75, 3.05) is 5.32 Å². The van der Waals surface area contributed by atoms with Gasteiger partial charge in [0.25, 0.3) is 5.91 Å². The summed E-state index contributed by atoms with van der Waals surface area (Å²) >= 11 is 0. The van der Waals surface area contributed by atoms with E-state index in [1.807, 2.05) is 0 Å². The molecule has 0 atom stereocenters. The summed E-state index contributed by atoms with van der Waals surface area (Å²) in [4.78, 5) is 30.5. The number of carboxylic acids is 1. The predicted molar refractivity (Wildman–Crippen MR) is 77.8 cm³/mol. The Bertz CT molecular complexity index is 694. The average Bonchev–Trinajstić information content (AvgIpc) is 2.46. The lowest BCUT2D eigenvalue weighted by Crippen LogP contribution is -2.14. The van der Waals surface area contributed by atoms with E-state index in [4.69, 9.17) is 5.11 Å². The maximum Gasteiger partial charge on any atom is 0.328 e. The van der Waals surface area contributed by atoms with Crippen LogP contribution in [-0.2, 0) is 4.79 Å². The number of aryl methyl sites for hydroxylation is 1. The third-order valence-electron chi connectivity index (χ3n) is 2.58. The third kappa shape index (κ3) is 4.24. The number of hydrogen-bond donors (Lipinski definition) is 2. The van der Waals surface area contributed by atoms with Crippen LogP contribution < -0.4 is 5.32 Å². The molecule has 6 nitrogen and oxygen atoms in total. The average molecular weight is 283 g/mol. The van der Waals surface area contributed by atoms with Crippen molar-refractivity contribution in [3.8, 4) is 0 Å². The number of aliphatic carboxylic acids is 1. The summed E-state index contributed by atoms with van der Waals surface area (Å²) in [6.07, 6.45) is 5.40. The van der Waals surface area contributed by atoms with E-state index in [0.29, 0.717) is 11.3 Å². The molecule has 0 aliphatic carbocycles. The normalized spacial score (nSPS) is 10.5. The lowest BCUT2D eigenvalue weighted by atomic mass is 10.2. The highest BCUT2D eigenvalue weighted by atomic mass is 16.4. The van der Waals surface area contributed by atoms with Crippen molar-refractivity contribution in [1.29, 1.82) is 0 Å². The fraction of sp³-hybridized carbons (Fsp3) is 0.0667. The number of aromatic nitrogens is 2. The van der Waals surface area contributed by atoms with Gasteiger partial charge in [-0.1, -0.05) is 12.1 Å². The van der Waals surface area contributed by atoms with Gasteiger partial charge in [-0.3, -0.25) is 9.78 Å². The van der Waals surface area contributed by atoms with E-state index >= 15 is 0 Å². The van der Waals surface area contributed by atoms with Crippen LogP contribution in [0.3, 0.4) is 0 Å². The van der Waals surface area contributed by atoms with Gasteiger partial charge < -0.3 is 10.4 Å². The molecule has 1 amide bonds. The number of carbonyl (C=O) groups is 2. The Morgan fingerprint density at radius 1 is 1.24 bits per heavy atom. The van der Waals surface area contributed by atoms with E-state index in [1.165, 1.54) is 18.5 Å². The second-order valence-electron chi connectivity index (χ2n) is 4.29. The molecule has 0 aliphatic heterocycles. The molecule has 0 saturated heterocycles. The Morgan fingerprint density at radius 3 is 2.71 bits per heavy atom. The van der Waals surface area contributed by atoms with E-state index in [9.17, 15) is 9.59 Å². The molecule has 0 spiro atoms. The molecule has 2 aromatic rings. The number of nitrogens with one attached hydrogen (secondary N) is 1. The number of benzene rings is 1. The number of carboxylic acid groups (broad SMARTS) is 1. The minimum atomic E-state index is -1.03. The summed E-state index contributed by atoms with van der Waals surface area (Å²) in [6.45, 7) is 1.78. The van der Waals surface area contributed by atoms with Crippen molar-refractivity contribution in [2.45, 2.75) is 6.92 Å². The summed E-state index contributed by atoms with van der Waals surface area (Å²) < 4.78 is 0. The van der Waals surface area contributed by atoms with Crippen LogP contribution in [0.2, 0.25) is 0 Å². The van der Waals surface area contributed by atoms with Crippen LogP contribution in [0.25, 0.3) is 6.08 Å². The van der Waals surface area contributed by atoms with Crippen LogP contribution in [-0.4, -0.2) is 27.0 Å². The minimum Gasteiger partial charge on any atom is -0.478 e. The van der Waals surface area contributed by atoms with Crippen molar-refractivity contribution < 1.29 is 14.7 Å². The monoisotopic (exact) mass is 283 g/mol. The second-order valence-corrected chi connectivity index (χ2v) is 4.29. The summed E-state index contributed by atoms with van der Waals surface area (Å²) in [5, 5.41) is 11.3. The number of amides is 1. The second kappa shape index (κ2) is 6.42. The Kier molecular flexibility index (Phi) is 4.40. The molecule has 0 aliphatic rings. The van der Waals surface area contributed by atoms with Crippen molar-refractivity contribution in [3.05, 3.63) is 59.7 Å². The summed E-state index contributed by atoms with van der Waals surface area (Å²) in [5.74, 6) is -1.40. The SMILES string of the molecule is Cc1cnc(C(=O)Nc2cccc(/C=C/C(=O)O)c2)cn1. The minimum absolute atomic E-state index is 0.215. The van der Waals surface area contributed by atoms with E-state index in [2.05, 4.69) is 15.3 Å². The number of nitrogens with zero attached hydrogens (tertiary/aromatic N) is 2. The van der Waals surface area contributed by atoms with Crippen LogP contribution in [0, 0.1) is 6.92 Å². The molecular weight excluding hydrogens is 270 g/mol. The van der Waals surface area contributed by atoms with Crippen LogP contribution in [0.5, 0.6) is 0 Å². The zero-order valence-corrected chi connectivity index (χ0v) is 11.3. The molecule has 2 N–H and O–H groups in total. The largest absolute Gasteiger partial charge is 0.478 e. The lowest BCUT2D eigenvalue weighted by molar-refractivity contribution is -0.131. The molecule has 0 bridgehead atoms. The Morgan fingerprint density at radius 2 is 2.05 bits per heavy atom. The van der Waals surface area contributed by atoms with Crippen molar-refractivity contribution in [1.82, 2.24) is 9.97 Å². The fourth-order valence-electron chi connectivity index (χ4n) is 1.59. The van der Waals surface area contributed by atoms with Crippen LogP contribution >= 0.6 is 0 Å². The molecule has 0 radical (unpaired) electrons. The molecule has 2 rings (SSSR count). The van der Waals surface area contributed by atoms with Gasteiger partial charge in [0.15, 0.2) is 0 Å². The van der Waals surface area contributed by atoms with Crippen molar-refractivity contribution in [2.24, 2.45) is 0 Å². The number of carbonyl (C=O) groups excluding carboxylic acids is 1. The Balaban J connectivity index is 2.12. The highest BCUT2D eigenvalue weighted by Gasteiger charge is 2.07. The quantitative estimate of drug-likeness (QED) is 0.839. The maximum atomic E-state index is 12.0. The van der Waals surface area contributed by atoms with Gasteiger partial charge in [0.05, 0.1) is 11.9 Å². The van der Waals surface area contributed by atoms with Crippen LogP contribution in [0.1, 0.15) is 21.7 Å². The standard InChI is InChI=1S/C15H13N3O3/c1-10-8-17-13(9-16-10)15(21)18-12-4-2-3-11(7-12)5-6-14(19)20/h2-9H,1H3,(H,18,21)(H,19,20)/b6-5+. The van der Waals surface area contributed by atoms with Gasteiger partial charge in [-0.05, 0) is 30.7 Å². The molecule has 0 unspecified atom stereocenters. The molecule has 0 fully saturated rings. The number of anilines is 1. The third-order valence-corrected chi connectivity index (χ3v) is 2.58. The number of hydrogen-bond acceptors (Lipinski definition) is 4. The fourth-order valence-corrected chi connectivity index (χ4v) is 1.59. The summed E-state index contributed by atoms with van der Waals surface area (Å²) in [5.41, 5.74) is 2.17. The first-order valence-electron chi connectivity index (χ1n) is 6.15. The smallest absolute Gasteiger partial charge is 0.328 e. The maximum absolute atomic E-state index is 12.0. The van der Waals surface area contributed by atoms with Gasteiger partial charge in [0.2, 0.25) is 0 Å². The van der Waals surface area contributed by atoms with Crippen LogP contribution in [0.4, 0.5) is 5.69 Å². The Hall–Kier alpha value is -3.02.